The molecule has 0 aliphatic rings. The number of unbranched alkanes of at least 4 members (excludes halogenated alkanes) is 36. The van der Waals surface area contributed by atoms with Crippen LogP contribution in [-0.4, -0.2) is 0 Å². The molecule has 0 bridgehead atoms. The number of fused-ring (bicyclic) bond motifs is 14. The Kier molecular flexibility index (Phi) is 26.5. The Balaban J connectivity index is 0.776. The molecule has 0 unspecified atom stereocenters. The van der Waals surface area contributed by atoms with Crippen LogP contribution < -0.4 is 0 Å². The Labute approximate surface area is 741 Å². The number of benzene rings is 15. The van der Waals surface area contributed by atoms with Crippen molar-refractivity contribution in [3.8, 4) is 44.5 Å². The largest absolute Gasteiger partial charge is 0.0654 e. The summed E-state index contributed by atoms with van der Waals surface area (Å²) in [6.07, 6.45) is 58.7. The summed E-state index contributed by atoms with van der Waals surface area (Å²) in [5.41, 5.74) is 16.6. The zero-order valence-electron chi connectivity index (χ0n) is 75.9. The summed E-state index contributed by atoms with van der Waals surface area (Å²) in [7, 11) is 0. The minimum absolute atomic E-state index is 1.13. The number of rotatable bonds is 48. The summed E-state index contributed by atoms with van der Waals surface area (Å²) in [6, 6.07) is 89.4. The van der Waals surface area contributed by atoms with Gasteiger partial charge in [0.15, 0.2) is 0 Å². The lowest BCUT2D eigenvalue weighted by molar-refractivity contribution is 0.556. The van der Waals surface area contributed by atoms with Crippen molar-refractivity contribution >= 4 is 151 Å². The molecule has 0 saturated heterocycles. The van der Waals surface area contributed by atoms with E-state index in [1.54, 1.807) is 0 Å². The molecule has 124 heavy (non-hydrogen) atoms. The second-order valence-corrected chi connectivity index (χ2v) is 38.6. The molecule has 0 saturated carbocycles. The first-order valence-electron chi connectivity index (χ1n) is 50.6. The molecule has 0 heterocycles. The van der Waals surface area contributed by atoms with Gasteiger partial charge in [0, 0.05) is 0 Å². The molecule has 0 aliphatic carbocycles. The molecule has 0 radical (unpaired) electrons. The minimum atomic E-state index is 1.13. The summed E-state index contributed by atoms with van der Waals surface area (Å²) in [5, 5.41) is 38.6. The van der Waals surface area contributed by atoms with Gasteiger partial charge in [-0.2, -0.15) is 0 Å². The van der Waals surface area contributed by atoms with Gasteiger partial charge in [-0.15, -0.1) is 0 Å². The summed E-state index contributed by atoms with van der Waals surface area (Å²) >= 11 is 0. The van der Waals surface area contributed by atoms with Crippen LogP contribution in [0.4, 0.5) is 0 Å². The SMILES string of the molecule is CCCCCCCCCCCCc1ccc(-c2c3c4cccc5cccc(c3c(-c3ccc(CCCCCCCCCCCC)cc3)c3c6ccc7c8ccc9c%10c(-c%11ccc(CCCCCCCCCCCC)cc%11)c%11c%12cccc%13cccc(c%11c(-c%11ccc(CCCCCCCCCCCC)cc%11)c%10c%10ccc(c%11ccc(c23)c6c%117)c8c%109)c%13%12)c54)cc1. The zero-order valence-corrected chi connectivity index (χ0v) is 75.9. The van der Waals surface area contributed by atoms with E-state index in [2.05, 4.69) is 246 Å². The van der Waals surface area contributed by atoms with Crippen LogP contribution in [0.5, 0.6) is 0 Å². The Morgan fingerprint density at radius 1 is 0.129 bits per heavy atom. The van der Waals surface area contributed by atoms with E-state index >= 15 is 0 Å². The molecule has 632 valence electrons. The van der Waals surface area contributed by atoms with E-state index in [1.165, 1.54) is 474 Å². The van der Waals surface area contributed by atoms with Crippen molar-refractivity contribution in [3.05, 3.63) is 241 Å². The summed E-state index contributed by atoms with van der Waals surface area (Å²) in [6.45, 7) is 9.30. The van der Waals surface area contributed by atoms with Gasteiger partial charge >= 0.3 is 0 Å². The molecular weight excluding hydrogens is 1490 g/mol. The molecule has 0 amide bonds. The van der Waals surface area contributed by atoms with Crippen LogP contribution in [0, 0.1) is 0 Å². The third-order valence-corrected chi connectivity index (χ3v) is 30.1. The first-order valence-corrected chi connectivity index (χ1v) is 50.6. The highest BCUT2D eigenvalue weighted by atomic mass is 14.3. The second-order valence-electron chi connectivity index (χ2n) is 38.6. The summed E-state index contributed by atoms with van der Waals surface area (Å²) in [4.78, 5) is 0. The maximum absolute atomic E-state index is 2.59. The highest BCUT2D eigenvalue weighted by molar-refractivity contribution is 6.53. The van der Waals surface area contributed by atoms with E-state index in [9.17, 15) is 0 Å². The van der Waals surface area contributed by atoms with Gasteiger partial charge < -0.3 is 0 Å². The molecule has 0 heteroatoms. The standard InChI is InChI=1S/C124H136/c1-5-9-13-17-21-25-29-33-37-41-49-85-61-69-91(70-62-85)109-117-99-57-45-53-89-54-46-58-100(107(89)99)118(117)110(92-71-63-86(64-72-92)50-42-38-34-30-26-22-18-14-10-6-2)122-104-82-78-96-98-80-84-106-116-105(83-79-97(114(98)116)95-77-81-103(121(109)122)115(104)113(95)96)123-111(93-73-65-87(66-74-93)51-43-39-35-31-27-23-19-15-11-7-3)119-101-59-47-55-90-56-48-60-102(108(90)101)120(119)112(124(106)123)94-75-67-88(68-76-94)52-44-40-36-32-28-24-20-16-12-8-4/h45-48,53-84H,5-44,49-52H2,1-4H3. The van der Waals surface area contributed by atoms with Gasteiger partial charge in [-0.1, -0.05) is 477 Å². The van der Waals surface area contributed by atoms with E-state index in [0.717, 1.165) is 25.7 Å². The summed E-state index contributed by atoms with van der Waals surface area (Å²) in [5.74, 6) is 0. The van der Waals surface area contributed by atoms with Gasteiger partial charge in [0.1, 0.15) is 0 Å². The van der Waals surface area contributed by atoms with E-state index in [-0.39, 0.29) is 0 Å². The third kappa shape index (κ3) is 16.4. The molecule has 0 aromatic heterocycles. The molecule has 19 rings (SSSR count). The number of hydrogen-bond acceptors (Lipinski definition) is 0. The van der Waals surface area contributed by atoms with Crippen molar-refractivity contribution < 1.29 is 0 Å². The Hall–Kier alpha value is -9.88. The van der Waals surface area contributed by atoms with E-state index in [0.29, 0.717) is 0 Å². The van der Waals surface area contributed by atoms with Crippen molar-refractivity contribution in [2.75, 3.05) is 0 Å². The predicted octanol–water partition coefficient (Wildman–Crippen LogP) is 39.5. The molecule has 19 aromatic carbocycles. The lowest BCUT2D eigenvalue weighted by Gasteiger charge is -2.16. The average Bonchev–Trinajstić information content (AvgIpc) is 1.50. The van der Waals surface area contributed by atoms with E-state index in [4.69, 9.17) is 0 Å². The first-order chi connectivity index (χ1) is 61.5. The van der Waals surface area contributed by atoms with Crippen LogP contribution in [-0.2, 0) is 25.7 Å². The van der Waals surface area contributed by atoms with Crippen molar-refractivity contribution in [1.82, 2.24) is 0 Å². The van der Waals surface area contributed by atoms with Crippen LogP contribution in [0.1, 0.15) is 307 Å². The Bertz CT molecular complexity index is 5940. The lowest BCUT2D eigenvalue weighted by Crippen LogP contribution is -1.91. The molecule has 0 nitrogen and oxygen atoms in total. The fourth-order valence-electron chi connectivity index (χ4n) is 23.7. The van der Waals surface area contributed by atoms with Crippen molar-refractivity contribution in [2.24, 2.45) is 0 Å². The van der Waals surface area contributed by atoms with Gasteiger partial charge in [-0.05, 0) is 269 Å². The Morgan fingerprint density at radius 3 is 0.484 bits per heavy atom. The molecule has 19 aromatic rings. The minimum Gasteiger partial charge on any atom is -0.0654 e. The molecule has 0 aliphatic heterocycles. The molecule has 0 spiro atoms. The maximum Gasteiger partial charge on any atom is -0.000717 e. The highest BCUT2D eigenvalue weighted by Crippen LogP contribution is 2.61. The van der Waals surface area contributed by atoms with Gasteiger partial charge in [0.05, 0.1) is 0 Å². The summed E-state index contributed by atoms with van der Waals surface area (Å²) < 4.78 is 0. The van der Waals surface area contributed by atoms with E-state index < -0.39 is 0 Å². The molecule has 0 fully saturated rings. The third-order valence-electron chi connectivity index (χ3n) is 30.1. The Morgan fingerprint density at radius 2 is 0.290 bits per heavy atom. The quantitative estimate of drug-likeness (QED) is 0.0203. The smallest absolute Gasteiger partial charge is 0.000717 e. The average molecular weight is 1630 g/mol. The normalized spacial score (nSPS) is 12.5. The maximum atomic E-state index is 2.59. The van der Waals surface area contributed by atoms with Gasteiger partial charge in [0.2, 0.25) is 0 Å². The van der Waals surface area contributed by atoms with Crippen molar-refractivity contribution in [3.63, 3.8) is 0 Å². The second kappa shape index (κ2) is 39.3. The van der Waals surface area contributed by atoms with Crippen molar-refractivity contribution in [2.45, 2.75) is 310 Å². The monoisotopic (exact) mass is 1630 g/mol. The fourth-order valence-corrected chi connectivity index (χ4v) is 23.7. The topological polar surface area (TPSA) is 0 Å². The number of hydrogen-bond donors (Lipinski definition) is 0. The highest BCUT2D eigenvalue weighted by Gasteiger charge is 2.33. The first kappa shape index (κ1) is 83.7. The molecule has 0 N–H and O–H groups in total. The molecular formula is C124H136. The van der Waals surface area contributed by atoms with Crippen LogP contribution in [0.2, 0.25) is 0 Å². The molecule has 0 atom stereocenters. The van der Waals surface area contributed by atoms with Crippen LogP contribution >= 0.6 is 0 Å². The lowest BCUT2D eigenvalue weighted by atomic mass is 9.86. The van der Waals surface area contributed by atoms with E-state index in [1.807, 2.05) is 0 Å². The zero-order chi connectivity index (χ0) is 83.7. The van der Waals surface area contributed by atoms with Gasteiger partial charge in [-0.25, -0.2) is 0 Å². The number of aryl methyl sites for hydroxylation is 4. The van der Waals surface area contributed by atoms with Crippen molar-refractivity contribution in [1.29, 1.82) is 0 Å². The van der Waals surface area contributed by atoms with Crippen LogP contribution in [0.25, 0.3) is 195 Å². The van der Waals surface area contributed by atoms with Gasteiger partial charge in [0.25, 0.3) is 0 Å². The van der Waals surface area contributed by atoms with Crippen LogP contribution in [0.15, 0.2) is 218 Å². The fraction of sp³-hybridized carbons (Fsp3) is 0.387. The van der Waals surface area contributed by atoms with Gasteiger partial charge in [-0.3, -0.25) is 0 Å². The predicted molar refractivity (Wildman–Crippen MR) is 551 cm³/mol. The van der Waals surface area contributed by atoms with Crippen LogP contribution in [0.3, 0.4) is 0 Å².